The van der Waals surface area contributed by atoms with E-state index < -0.39 is 0 Å². The molecule has 0 radical (unpaired) electrons. The molecule has 0 aromatic heterocycles. The first-order valence-electron chi connectivity index (χ1n) is 7.42. The summed E-state index contributed by atoms with van der Waals surface area (Å²) >= 11 is 3.49. The monoisotopic (exact) mass is 345 g/mol. The number of benzene rings is 1. The van der Waals surface area contributed by atoms with Gasteiger partial charge in [0.1, 0.15) is 5.82 Å². The van der Waals surface area contributed by atoms with E-state index in [1.807, 2.05) is 0 Å². The highest BCUT2D eigenvalue weighted by molar-refractivity contribution is 9.10. The zero-order valence-corrected chi connectivity index (χ0v) is 14.0. The summed E-state index contributed by atoms with van der Waals surface area (Å²) in [4.78, 5) is 0. The van der Waals surface area contributed by atoms with Crippen LogP contribution < -0.4 is 5.32 Å². The molecule has 2 nitrogen and oxygen atoms in total. The highest BCUT2D eigenvalue weighted by atomic mass is 79.9. The standard InChI is InChI=1S/C16H25BrFNO/c1-3-8-19-15(7-10-20-9-4-2)12-13-11-14(18)5-6-16(13)17/h5-6,11,15,19H,3-4,7-10,12H2,1-2H3. The first-order chi connectivity index (χ1) is 9.67. The molecule has 0 spiro atoms. The lowest BCUT2D eigenvalue weighted by Gasteiger charge is -2.19. The van der Waals surface area contributed by atoms with E-state index in [-0.39, 0.29) is 5.82 Å². The van der Waals surface area contributed by atoms with Gasteiger partial charge in [-0.15, -0.1) is 0 Å². The molecule has 4 heteroatoms. The summed E-state index contributed by atoms with van der Waals surface area (Å²) in [5.74, 6) is -0.181. The van der Waals surface area contributed by atoms with Gasteiger partial charge < -0.3 is 10.1 Å². The van der Waals surface area contributed by atoms with E-state index in [1.54, 1.807) is 12.1 Å². The molecule has 1 aromatic carbocycles. The zero-order chi connectivity index (χ0) is 14.8. The number of hydrogen-bond donors (Lipinski definition) is 1. The first kappa shape index (κ1) is 17.6. The summed E-state index contributed by atoms with van der Waals surface area (Å²) in [7, 11) is 0. The van der Waals surface area contributed by atoms with Gasteiger partial charge in [-0.05, 0) is 56.0 Å². The predicted octanol–water partition coefficient (Wildman–Crippen LogP) is 4.32. The quantitative estimate of drug-likeness (QED) is 0.637. The van der Waals surface area contributed by atoms with Crippen LogP contribution in [0.15, 0.2) is 22.7 Å². The van der Waals surface area contributed by atoms with Gasteiger partial charge in [0.25, 0.3) is 0 Å². The normalized spacial score (nSPS) is 12.6. The Hall–Kier alpha value is -0.450. The van der Waals surface area contributed by atoms with Crippen molar-refractivity contribution in [1.29, 1.82) is 0 Å². The molecule has 0 aliphatic carbocycles. The van der Waals surface area contributed by atoms with E-state index in [0.717, 1.165) is 55.5 Å². The fourth-order valence-electron chi connectivity index (χ4n) is 2.06. The summed E-state index contributed by atoms with van der Waals surface area (Å²) in [6.07, 6.45) is 3.90. The summed E-state index contributed by atoms with van der Waals surface area (Å²) in [5, 5.41) is 3.52. The lowest BCUT2D eigenvalue weighted by molar-refractivity contribution is 0.124. The van der Waals surface area contributed by atoms with Crippen molar-refractivity contribution in [1.82, 2.24) is 5.32 Å². The molecule has 0 fully saturated rings. The first-order valence-corrected chi connectivity index (χ1v) is 8.21. The van der Waals surface area contributed by atoms with Crippen LogP contribution in [0.2, 0.25) is 0 Å². The third-order valence-electron chi connectivity index (χ3n) is 3.12. The largest absolute Gasteiger partial charge is 0.381 e. The van der Waals surface area contributed by atoms with Crippen LogP contribution in [0.25, 0.3) is 0 Å². The van der Waals surface area contributed by atoms with Gasteiger partial charge in [-0.1, -0.05) is 29.8 Å². The van der Waals surface area contributed by atoms with E-state index >= 15 is 0 Å². The predicted molar refractivity (Wildman–Crippen MR) is 85.6 cm³/mol. The molecule has 0 aliphatic heterocycles. The molecule has 1 unspecified atom stereocenters. The molecule has 0 saturated heterocycles. The minimum Gasteiger partial charge on any atom is -0.381 e. The van der Waals surface area contributed by atoms with Crippen molar-refractivity contribution in [3.8, 4) is 0 Å². The topological polar surface area (TPSA) is 21.3 Å². The van der Waals surface area contributed by atoms with Gasteiger partial charge in [0.2, 0.25) is 0 Å². The van der Waals surface area contributed by atoms with Crippen LogP contribution in [-0.2, 0) is 11.2 Å². The Morgan fingerprint density at radius 3 is 2.75 bits per heavy atom. The number of nitrogens with one attached hydrogen (secondary N) is 1. The highest BCUT2D eigenvalue weighted by Gasteiger charge is 2.11. The minimum atomic E-state index is -0.181. The molecule has 1 atom stereocenters. The molecule has 114 valence electrons. The fourth-order valence-corrected chi connectivity index (χ4v) is 2.47. The van der Waals surface area contributed by atoms with Crippen molar-refractivity contribution in [2.45, 2.75) is 45.6 Å². The van der Waals surface area contributed by atoms with Gasteiger partial charge in [0, 0.05) is 23.7 Å². The van der Waals surface area contributed by atoms with Gasteiger partial charge in [-0.25, -0.2) is 4.39 Å². The Morgan fingerprint density at radius 2 is 2.05 bits per heavy atom. The summed E-state index contributed by atoms with van der Waals surface area (Å²) < 4.78 is 19.9. The van der Waals surface area contributed by atoms with Gasteiger partial charge in [0.15, 0.2) is 0 Å². The second-order valence-corrected chi connectivity index (χ2v) is 5.85. The van der Waals surface area contributed by atoms with Crippen molar-refractivity contribution in [3.05, 3.63) is 34.1 Å². The average Bonchev–Trinajstić information content (AvgIpc) is 2.44. The van der Waals surface area contributed by atoms with E-state index in [2.05, 4.69) is 35.1 Å². The van der Waals surface area contributed by atoms with Gasteiger partial charge in [-0.3, -0.25) is 0 Å². The molecule has 1 rings (SSSR count). The van der Waals surface area contributed by atoms with Crippen LogP contribution >= 0.6 is 15.9 Å². The summed E-state index contributed by atoms with van der Waals surface area (Å²) in [6.45, 7) is 6.80. The Labute approximate surface area is 130 Å². The smallest absolute Gasteiger partial charge is 0.123 e. The lowest BCUT2D eigenvalue weighted by atomic mass is 10.0. The Bertz CT molecular complexity index is 387. The van der Waals surface area contributed by atoms with Gasteiger partial charge in [0.05, 0.1) is 0 Å². The molecule has 0 amide bonds. The second-order valence-electron chi connectivity index (χ2n) is 4.99. The average molecular weight is 346 g/mol. The van der Waals surface area contributed by atoms with Crippen molar-refractivity contribution >= 4 is 15.9 Å². The van der Waals surface area contributed by atoms with Crippen molar-refractivity contribution < 1.29 is 9.13 Å². The number of rotatable bonds is 10. The van der Waals surface area contributed by atoms with Crippen LogP contribution in [0.5, 0.6) is 0 Å². The SMILES string of the molecule is CCCNC(CCOCCC)Cc1cc(F)ccc1Br. The molecule has 1 aromatic rings. The Balaban J connectivity index is 2.55. The second kappa shape index (κ2) is 10.3. The molecule has 0 aliphatic rings. The maximum atomic E-state index is 13.3. The van der Waals surface area contributed by atoms with Crippen LogP contribution in [0.4, 0.5) is 4.39 Å². The number of halogens is 2. The van der Waals surface area contributed by atoms with Crippen molar-refractivity contribution in [2.75, 3.05) is 19.8 Å². The van der Waals surface area contributed by atoms with E-state index in [0.29, 0.717) is 6.04 Å². The Morgan fingerprint density at radius 1 is 1.25 bits per heavy atom. The van der Waals surface area contributed by atoms with Crippen LogP contribution in [0, 0.1) is 5.82 Å². The molecule has 20 heavy (non-hydrogen) atoms. The van der Waals surface area contributed by atoms with Crippen molar-refractivity contribution in [2.24, 2.45) is 0 Å². The Kier molecular flexibility index (Phi) is 9.07. The minimum absolute atomic E-state index is 0.181. The maximum Gasteiger partial charge on any atom is 0.123 e. The maximum absolute atomic E-state index is 13.3. The number of ether oxygens (including phenoxy) is 1. The molecular weight excluding hydrogens is 321 g/mol. The van der Waals surface area contributed by atoms with Crippen LogP contribution in [0.1, 0.15) is 38.7 Å². The number of hydrogen-bond acceptors (Lipinski definition) is 2. The van der Waals surface area contributed by atoms with Crippen molar-refractivity contribution in [3.63, 3.8) is 0 Å². The van der Waals surface area contributed by atoms with E-state index in [4.69, 9.17) is 4.74 Å². The van der Waals surface area contributed by atoms with Gasteiger partial charge in [-0.2, -0.15) is 0 Å². The summed E-state index contributed by atoms with van der Waals surface area (Å²) in [5.41, 5.74) is 1.01. The third-order valence-corrected chi connectivity index (χ3v) is 3.89. The highest BCUT2D eigenvalue weighted by Crippen LogP contribution is 2.20. The van der Waals surface area contributed by atoms with E-state index in [1.165, 1.54) is 6.07 Å². The fraction of sp³-hybridized carbons (Fsp3) is 0.625. The molecule has 1 N–H and O–H groups in total. The molecule has 0 heterocycles. The zero-order valence-electron chi connectivity index (χ0n) is 12.4. The van der Waals surface area contributed by atoms with Gasteiger partial charge >= 0.3 is 0 Å². The molecular formula is C16H25BrFNO. The third kappa shape index (κ3) is 6.82. The van der Waals surface area contributed by atoms with Crippen LogP contribution in [0.3, 0.4) is 0 Å². The molecule has 0 saturated carbocycles. The van der Waals surface area contributed by atoms with E-state index in [9.17, 15) is 4.39 Å². The summed E-state index contributed by atoms with van der Waals surface area (Å²) in [6, 6.07) is 5.18. The molecule has 0 bridgehead atoms. The van der Waals surface area contributed by atoms with Crippen LogP contribution in [-0.4, -0.2) is 25.8 Å². The lowest BCUT2D eigenvalue weighted by Crippen LogP contribution is -2.33.